The summed E-state index contributed by atoms with van der Waals surface area (Å²) in [5.41, 5.74) is 1.03. The lowest BCUT2D eigenvalue weighted by Crippen LogP contribution is -2.13. The SMILES string of the molecule is O=C(CCC(=O)c1ccc2c(c1)OCCCO2)Nc1ccc(Cl)c(Cl)c1. The monoisotopic (exact) mass is 393 g/mol. The van der Waals surface area contributed by atoms with Gasteiger partial charge in [0.1, 0.15) is 0 Å². The van der Waals surface area contributed by atoms with Gasteiger partial charge in [-0.1, -0.05) is 23.2 Å². The number of fused-ring (bicyclic) bond motifs is 1. The Kier molecular flexibility index (Phi) is 6.01. The molecule has 0 aromatic heterocycles. The molecule has 1 N–H and O–H groups in total. The third-order valence-electron chi connectivity index (χ3n) is 3.85. The number of halogens is 2. The minimum atomic E-state index is -0.272. The highest BCUT2D eigenvalue weighted by atomic mass is 35.5. The van der Waals surface area contributed by atoms with Crippen LogP contribution in [0.5, 0.6) is 11.5 Å². The Morgan fingerprint density at radius 3 is 2.46 bits per heavy atom. The Bertz CT molecular complexity index is 838. The van der Waals surface area contributed by atoms with E-state index in [1.54, 1.807) is 36.4 Å². The van der Waals surface area contributed by atoms with E-state index < -0.39 is 0 Å². The molecule has 1 heterocycles. The largest absolute Gasteiger partial charge is 0.490 e. The normalized spacial score (nSPS) is 13.0. The molecule has 26 heavy (non-hydrogen) atoms. The average Bonchev–Trinajstić information content (AvgIpc) is 2.87. The summed E-state index contributed by atoms with van der Waals surface area (Å²) in [6.07, 6.45) is 0.952. The van der Waals surface area contributed by atoms with Gasteiger partial charge in [-0.2, -0.15) is 0 Å². The first-order chi connectivity index (χ1) is 12.5. The third kappa shape index (κ3) is 4.68. The van der Waals surface area contributed by atoms with Crippen molar-refractivity contribution in [2.45, 2.75) is 19.3 Å². The van der Waals surface area contributed by atoms with Crippen LogP contribution in [-0.2, 0) is 4.79 Å². The molecule has 0 atom stereocenters. The first-order valence-electron chi connectivity index (χ1n) is 8.20. The summed E-state index contributed by atoms with van der Waals surface area (Å²) in [5.74, 6) is 0.793. The lowest BCUT2D eigenvalue weighted by Gasteiger charge is -2.09. The van der Waals surface area contributed by atoms with Gasteiger partial charge in [-0.3, -0.25) is 9.59 Å². The molecule has 0 saturated carbocycles. The van der Waals surface area contributed by atoms with E-state index in [2.05, 4.69) is 5.32 Å². The van der Waals surface area contributed by atoms with Crippen LogP contribution in [-0.4, -0.2) is 24.9 Å². The van der Waals surface area contributed by atoms with Crippen LogP contribution in [0.4, 0.5) is 5.69 Å². The quantitative estimate of drug-likeness (QED) is 0.743. The number of carbonyl (C=O) groups excluding carboxylic acids is 2. The second kappa shape index (κ2) is 8.43. The zero-order valence-electron chi connectivity index (χ0n) is 13.9. The number of anilines is 1. The third-order valence-corrected chi connectivity index (χ3v) is 4.59. The molecule has 0 spiro atoms. The number of carbonyl (C=O) groups is 2. The molecule has 1 aliphatic heterocycles. The molecule has 0 bridgehead atoms. The second-order valence-electron chi connectivity index (χ2n) is 5.81. The molecule has 5 nitrogen and oxygen atoms in total. The standard InChI is InChI=1S/C19H17Cl2NO4/c20-14-4-3-13(11-15(14)21)22-19(24)7-5-16(23)12-2-6-17-18(10-12)26-9-1-8-25-17/h2-4,6,10-11H,1,5,7-9H2,(H,22,24). The van der Waals surface area contributed by atoms with Gasteiger partial charge < -0.3 is 14.8 Å². The average molecular weight is 394 g/mol. The topological polar surface area (TPSA) is 64.6 Å². The summed E-state index contributed by atoms with van der Waals surface area (Å²) in [6, 6.07) is 9.89. The smallest absolute Gasteiger partial charge is 0.224 e. The maximum absolute atomic E-state index is 12.4. The lowest BCUT2D eigenvalue weighted by atomic mass is 10.1. The Morgan fingerprint density at radius 2 is 1.69 bits per heavy atom. The van der Waals surface area contributed by atoms with E-state index in [4.69, 9.17) is 32.7 Å². The van der Waals surface area contributed by atoms with Crippen LogP contribution in [0.2, 0.25) is 10.0 Å². The van der Waals surface area contributed by atoms with Gasteiger partial charge in [0.05, 0.1) is 23.3 Å². The number of hydrogen-bond acceptors (Lipinski definition) is 4. The second-order valence-corrected chi connectivity index (χ2v) is 6.63. The molecular weight excluding hydrogens is 377 g/mol. The zero-order valence-corrected chi connectivity index (χ0v) is 15.4. The minimum absolute atomic E-state index is 0.0630. The Morgan fingerprint density at radius 1 is 0.923 bits per heavy atom. The first kappa shape index (κ1) is 18.5. The van der Waals surface area contributed by atoms with Gasteiger partial charge in [0.15, 0.2) is 17.3 Å². The predicted molar refractivity (Wildman–Crippen MR) is 101 cm³/mol. The van der Waals surface area contributed by atoms with E-state index in [0.717, 1.165) is 6.42 Å². The molecule has 0 unspecified atom stereocenters. The van der Waals surface area contributed by atoms with Gasteiger partial charge in [0.2, 0.25) is 5.91 Å². The molecule has 1 aliphatic rings. The van der Waals surface area contributed by atoms with Crippen LogP contribution in [0.1, 0.15) is 29.6 Å². The number of amides is 1. The summed E-state index contributed by atoms with van der Waals surface area (Å²) < 4.78 is 11.1. The molecule has 0 saturated heterocycles. The van der Waals surface area contributed by atoms with E-state index in [1.807, 2.05) is 0 Å². The van der Waals surface area contributed by atoms with E-state index in [9.17, 15) is 9.59 Å². The number of ketones is 1. The van der Waals surface area contributed by atoms with E-state index in [1.165, 1.54) is 0 Å². The van der Waals surface area contributed by atoms with Gasteiger partial charge in [0.25, 0.3) is 0 Å². The van der Waals surface area contributed by atoms with Crippen LogP contribution in [0.25, 0.3) is 0 Å². The van der Waals surface area contributed by atoms with Gasteiger partial charge in [0, 0.05) is 30.5 Å². The van der Waals surface area contributed by atoms with E-state index in [0.29, 0.717) is 46.0 Å². The Hall–Kier alpha value is -2.24. The lowest BCUT2D eigenvalue weighted by molar-refractivity contribution is -0.116. The molecule has 0 aliphatic carbocycles. The van der Waals surface area contributed by atoms with Crippen molar-refractivity contribution >= 4 is 40.6 Å². The summed E-state index contributed by atoms with van der Waals surface area (Å²) in [7, 11) is 0. The van der Waals surface area contributed by atoms with Crippen molar-refractivity contribution in [1.29, 1.82) is 0 Å². The fourth-order valence-corrected chi connectivity index (χ4v) is 2.80. The minimum Gasteiger partial charge on any atom is -0.490 e. The maximum atomic E-state index is 12.4. The molecule has 3 rings (SSSR count). The molecule has 7 heteroatoms. The molecule has 2 aromatic rings. The van der Waals surface area contributed by atoms with Crippen molar-refractivity contribution in [1.82, 2.24) is 0 Å². The van der Waals surface area contributed by atoms with Crippen molar-refractivity contribution in [2.24, 2.45) is 0 Å². The number of hydrogen-bond donors (Lipinski definition) is 1. The van der Waals surface area contributed by atoms with Crippen LogP contribution in [0.3, 0.4) is 0 Å². The summed E-state index contributed by atoms with van der Waals surface area (Å²) >= 11 is 11.8. The first-order valence-corrected chi connectivity index (χ1v) is 8.96. The highest BCUT2D eigenvalue weighted by Gasteiger charge is 2.15. The number of benzene rings is 2. The van der Waals surface area contributed by atoms with Crippen LogP contribution in [0.15, 0.2) is 36.4 Å². The van der Waals surface area contributed by atoms with Crippen LogP contribution in [0, 0.1) is 0 Å². The highest BCUT2D eigenvalue weighted by Crippen LogP contribution is 2.31. The van der Waals surface area contributed by atoms with Crippen LogP contribution < -0.4 is 14.8 Å². The molecule has 2 aromatic carbocycles. The number of Topliss-reactive ketones (excluding diaryl/α,β-unsaturated/α-hetero) is 1. The predicted octanol–water partition coefficient (Wildman–Crippen LogP) is 4.76. The maximum Gasteiger partial charge on any atom is 0.224 e. The van der Waals surface area contributed by atoms with Gasteiger partial charge in [-0.05, 0) is 36.4 Å². The van der Waals surface area contributed by atoms with E-state index in [-0.39, 0.29) is 24.5 Å². The number of nitrogens with one attached hydrogen (secondary N) is 1. The van der Waals surface area contributed by atoms with Gasteiger partial charge in [-0.15, -0.1) is 0 Å². The molecular formula is C19H17Cl2NO4. The van der Waals surface area contributed by atoms with Crippen molar-refractivity contribution in [3.05, 3.63) is 52.0 Å². The van der Waals surface area contributed by atoms with Gasteiger partial charge in [-0.25, -0.2) is 0 Å². The Balaban J connectivity index is 1.57. The van der Waals surface area contributed by atoms with Crippen molar-refractivity contribution < 1.29 is 19.1 Å². The summed E-state index contributed by atoms with van der Waals surface area (Å²) in [5, 5.41) is 3.46. The summed E-state index contributed by atoms with van der Waals surface area (Å²) in [6.45, 7) is 1.14. The number of ether oxygens (including phenoxy) is 2. The van der Waals surface area contributed by atoms with E-state index >= 15 is 0 Å². The molecule has 136 valence electrons. The van der Waals surface area contributed by atoms with Crippen molar-refractivity contribution in [2.75, 3.05) is 18.5 Å². The fourth-order valence-electron chi connectivity index (χ4n) is 2.51. The number of rotatable bonds is 5. The van der Waals surface area contributed by atoms with Crippen LogP contribution >= 0.6 is 23.2 Å². The highest BCUT2D eigenvalue weighted by molar-refractivity contribution is 6.42. The zero-order chi connectivity index (χ0) is 18.5. The molecule has 0 fully saturated rings. The fraction of sp³-hybridized carbons (Fsp3) is 0.263. The summed E-state index contributed by atoms with van der Waals surface area (Å²) in [4.78, 5) is 24.4. The van der Waals surface area contributed by atoms with Crippen molar-refractivity contribution in [3.8, 4) is 11.5 Å². The van der Waals surface area contributed by atoms with Crippen molar-refractivity contribution in [3.63, 3.8) is 0 Å². The Labute approximate surface area is 161 Å². The molecule has 1 amide bonds. The van der Waals surface area contributed by atoms with Gasteiger partial charge >= 0.3 is 0 Å². The molecule has 0 radical (unpaired) electrons.